The zero-order valence-corrected chi connectivity index (χ0v) is 8.69. The molecule has 1 atom stereocenters. The summed E-state index contributed by atoms with van der Waals surface area (Å²) in [5.74, 6) is 1.88. The molecule has 0 aromatic heterocycles. The van der Waals surface area contributed by atoms with Gasteiger partial charge in [-0.1, -0.05) is 68.2 Å². The zero-order valence-electron chi connectivity index (χ0n) is 8.69. The molecule has 0 heterocycles. The highest BCUT2D eigenvalue weighted by atomic mass is 14.1. The first kappa shape index (κ1) is 18.7. The van der Waals surface area contributed by atoms with Crippen LogP contribution in [0.25, 0.3) is 0 Å². The van der Waals surface area contributed by atoms with Crippen LogP contribution in [0, 0.1) is 11.8 Å². The molecule has 0 spiro atoms. The second kappa shape index (κ2) is 12.0. The Morgan fingerprint density at radius 3 is 1.85 bits per heavy atom. The third kappa shape index (κ3) is 12.0. The lowest BCUT2D eigenvalue weighted by Crippen LogP contribution is -2.02. The van der Waals surface area contributed by atoms with E-state index in [9.17, 15) is 0 Å². The molecule has 1 unspecified atom stereocenters. The number of unbranched alkanes of at least 4 members (excludes halogenated alkanes) is 1. The second-order valence-electron chi connectivity index (χ2n) is 4.05. The Balaban J connectivity index is -0.000000500. The number of rotatable bonds is 6. The molecular formula is C13H32. The number of hydrogen-bond acceptors (Lipinski definition) is 0. The molecule has 0 aliphatic rings. The molecule has 0 nitrogen and oxygen atoms in total. The molecule has 0 aromatic rings. The van der Waals surface area contributed by atoms with Crippen LogP contribution in [0.5, 0.6) is 0 Å². The molecule has 0 radical (unpaired) electrons. The fourth-order valence-corrected chi connectivity index (χ4v) is 1.65. The van der Waals surface area contributed by atoms with Crippen molar-refractivity contribution in [1.29, 1.82) is 0 Å². The minimum absolute atomic E-state index is 0. The summed E-state index contributed by atoms with van der Waals surface area (Å²) in [7, 11) is 0. The molecule has 0 aromatic carbocycles. The van der Waals surface area contributed by atoms with Crippen LogP contribution in [-0.2, 0) is 0 Å². The highest BCUT2D eigenvalue weighted by Crippen LogP contribution is 2.20. The van der Waals surface area contributed by atoms with Gasteiger partial charge in [0.1, 0.15) is 0 Å². The molecule has 0 saturated heterocycles. The first-order valence-corrected chi connectivity index (χ1v) is 5.20. The molecule has 0 saturated carbocycles. The lowest BCUT2D eigenvalue weighted by molar-refractivity contribution is 0.366. The summed E-state index contributed by atoms with van der Waals surface area (Å²) in [4.78, 5) is 0. The summed E-state index contributed by atoms with van der Waals surface area (Å²) in [6, 6.07) is 0. The Labute approximate surface area is 87.1 Å². The quantitative estimate of drug-likeness (QED) is 0.515. The molecule has 0 fully saturated rings. The van der Waals surface area contributed by atoms with Crippen LogP contribution < -0.4 is 0 Å². The first-order valence-electron chi connectivity index (χ1n) is 5.20. The average Bonchev–Trinajstić information content (AvgIpc) is 1.97. The first-order chi connectivity index (χ1) is 5.20. The van der Waals surface area contributed by atoms with E-state index in [1.807, 2.05) is 0 Å². The van der Waals surface area contributed by atoms with E-state index in [-0.39, 0.29) is 14.9 Å². The van der Waals surface area contributed by atoms with Crippen molar-refractivity contribution in [1.82, 2.24) is 0 Å². The molecule has 0 aliphatic heterocycles. The van der Waals surface area contributed by atoms with E-state index in [4.69, 9.17) is 0 Å². The normalized spacial score (nSPS) is 11.8. The van der Waals surface area contributed by atoms with Crippen LogP contribution in [0.2, 0.25) is 0 Å². The van der Waals surface area contributed by atoms with Gasteiger partial charge in [-0.3, -0.25) is 0 Å². The van der Waals surface area contributed by atoms with E-state index in [0.29, 0.717) is 0 Å². The van der Waals surface area contributed by atoms with Gasteiger partial charge in [-0.15, -0.1) is 0 Å². The van der Waals surface area contributed by atoms with Gasteiger partial charge < -0.3 is 0 Å². The smallest absolute Gasteiger partial charge is 0.0414 e. The Morgan fingerprint density at radius 2 is 1.54 bits per heavy atom. The Kier molecular flexibility index (Phi) is 17.3. The largest absolute Gasteiger partial charge is 0.0776 e. The van der Waals surface area contributed by atoms with Crippen molar-refractivity contribution in [3.63, 3.8) is 0 Å². The van der Waals surface area contributed by atoms with Crippen molar-refractivity contribution in [2.75, 3.05) is 0 Å². The maximum Gasteiger partial charge on any atom is -0.0414 e. The lowest BCUT2D eigenvalue weighted by Gasteiger charge is -2.16. The highest BCUT2D eigenvalue weighted by molar-refractivity contribution is 4.59. The van der Waals surface area contributed by atoms with Crippen LogP contribution >= 0.6 is 0 Å². The van der Waals surface area contributed by atoms with Crippen molar-refractivity contribution in [3.05, 3.63) is 0 Å². The third-order valence-electron chi connectivity index (χ3n) is 2.35. The molecule has 0 aliphatic carbocycles. The van der Waals surface area contributed by atoms with E-state index in [2.05, 4.69) is 27.7 Å². The van der Waals surface area contributed by atoms with Gasteiger partial charge in [0.05, 0.1) is 0 Å². The van der Waals surface area contributed by atoms with Crippen molar-refractivity contribution >= 4 is 0 Å². The summed E-state index contributed by atoms with van der Waals surface area (Å²) >= 11 is 0. The summed E-state index contributed by atoms with van der Waals surface area (Å²) in [5, 5.41) is 0. The molecule has 13 heavy (non-hydrogen) atoms. The van der Waals surface area contributed by atoms with Gasteiger partial charge in [0.2, 0.25) is 0 Å². The molecular weight excluding hydrogens is 156 g/mol. The molecule has 0 amide bonds. The molecule has 84 valence electrons. The second-order valence-corrected chi connectivity index (χ2v) is 4.05. The Bertz CT molecular complexity index is 74.1. The van der Waals surface area contributed by atoms with Crippen LogP contribution in [-0.4, -0.2) is 0 Å². The van der Waals surface area contributed by atoms with Gasteiger partial charge in [0.25, 0.3) is 0 Å². The van der Waals surface area contributed by atoms with E-state index in [1.54, 1.807) is 0 Å². The van der Waals surface area contributed by atoms with E-state index >= 15 is 0 Å². The molecule has 0 bridgehead atoms. The highest BCUT2D eigenvalue weighted by Gasteiger charge is 2.07. The summed E-state index contributed by atoms with van der Waals surface area (Å²) in [6.45, 7) is 9.26. The molecule has 0 N–H and O–H groups in total. The summed E-state index contributed by atoms with van der Waals surface area (Å²) in [5.41, 5.74) is 0. The maximum atomic E-state index is 2.33. The summed E-state index contributed by atoms with van der Waals surface area (Å²) < 4.78 is 0. The van der Waals surface area contributed by atoms with Crippen LogP contribution in [0.15, 0.2) is 0 Å². The molecule has 0 heteroatoms. The van der Waals surface area contributed by atoms with Crippen molar-refractivity contribution in [2.45, 2.75) is 74.7 Å². The van der Waals surface area contributed by atoms with Gasteiger partial charge >= 0.3 is 0 Å². The standard InChI is InChI=1S/C11H24.2CH4/c1-5-7-8-11(6-2)9-10(3)4;;/h10-11H,5-9H2,1-4H3;2*1H4. The van der Waals surface area contributed by atoms with Crippen LogP contribution in [0.1, 0.15) is 74.7 Å². The van der Waals surface area contributed by atoms with E-state index in [0.717, 1.165) is 11.8 Å². The SMILES string of the molecule is C.C.CCCCC(CC)CC(C)C. The zero-order chi connectivity index (χ0) is 8.69. The van der Waals surface area contributed by atoms with Gasteiger partial charge in [0.15, 0.2) is 0 Å². The Morgan fingerprint density at radius 1 is 1.00 bits per heavy atom. The van der Waals surface area contributed by atoms with Crippen LogP contribution in [0.3, 0.4) is 0 Å². The fourth-order valence-electron chi connectivity index (χ4n) is 1.65. The maximum absolute atomic E-state index is 2.33. The van der Waals surface area contributed by atoms with E-state index in [1.165, 1.54) is 32.1 Å². The predicted octanol–water partition coefficient (Wildman–Crippen LogP) is 5.52. The topological polar surface area (TPSA) is 0 Å². The van der Waals surface area contributed by atoms with Crippen molar-refractivity contribution in [2.24, 2.45) is 11.8 Å². The van der Waals surface area contributed by atoms with Gasteiger partial charge in [-0.2, -0.15) is 0 Å². The van der Waals surface area contributed by atoms with Gasteiger partial charge in [-0.25, -0.2) is 0 Å². The Hall–Kier alpha value is 0. The third-order valence-corrected chi connectivity index (χ3v) is 2.35. The van der Waals surface area contributed by atoms with Gasteiger partial charge in [0, 0.05) is 0 Å². The summed E-state index contributed by atoms with van der Waals surface area (Å²) in [6.07, 6.45) is 7.03. The number of hydrogen-bond donors (Lipinski definition) is 0. The molecule has 0 rings (SSSR count). The van der Waals surface area contributed by atoms with E-state index < -0.39 is 0 Å². The lowest BCUT2D eigenvalue weighted by atomic mass is 9.90. The predicted molar refractivity (Wildman–Crippen MR) is 66.2 cm³/mol. The van der Waals surface area contributed by atoms with Crippen molar-refractivity contribution < 1.29 is 0 Å². The minimum Gasteiger partial charge on any atom is -0.0776 e. The fraction of sp³-hybridized carbons (Fsp3) is 1.00. The van der Waals surface area contributed by atoms with Gasteiger partial charge in [-0.05, 0) is 18.3 Å². The monoisotopic (exact) mass is 188 g/mol. The minimum atomic E-state index is 0. The van der Waals surface area contributed by atoms with Crippen LogP contribution in [0.4, 0.5) is 0 Å². The average molecular weight is 188 g/mol. The van der Waals surface area contributed by atoms with Crippen molar-refractivity contribution in [3.8, 4) is 0 Å².